The lowest BCUT2D eigenvalue weighted by Crippen LogP contribution is -2.30. The third-order valence-electron chi connectivity index (χ3n) is 4.02. The average molecular weight is 370 g/mol. The maximum Gasteiger partial charge on any atom is 0.273 e. The van der Waals surface area contributed by atoms with Gasteiger partial charge in [-0.05, 0) is 48.9 Å². The van der Waals surface area contributed by atoms with Gasteiger partial charge in [0.05, 0.1) is 7.11 Å². The third-order valence-corrected chi connectivity index (χ3v) is 4.91. The van der Waals surface area contributed by atoms with Gasteiger partial charge in [0.1, 0.15) is 22.3 Å². The van der Waals surface area contributed by atoms with Crippen LogP contribution in [0.5, 0.6) is 5.75 Å². The van der Waals surface area contributed by atoms with E-state index in [1.54, 1.807) is 29.5 Å². The smallest absolute Gasteiger partial charge is 0.273 e. The summed E-state index contributed by atoms with van der Waals surface area (Å²) < 4.78 is 18.2. The van der Waals surface area contributed by atoms with Crippen LogP contribution < -0.4 is 4.74 Å². The highest BCUT2D eigenvalue weighted by Crippen LogP contribution is 2.25. The summed E-state index contributed by atoms with van der Waals surface area (Å²) in [4.78, 5) is 19.0. The Morgan fingerprint density at radius 1 is 1.15 bits per heavy atom. The van der Waals surface area contributed by atoms with E-state index in [2.05, 4.69) is 4.98 Å². The minimum atomic E-state index is -0.293. The maximum absolute atomic E-state index is 13.1. The lowest BCUT2D eigenvalue weighted by atomic mass is 10.2. The van der Waals surface area contributed by atoms with Crippen LogP contribution >= 0.6 is 11.3 Å². The number of ether oxygens (including phenoxy) is 1. The molecule has 0 atom stereocenters. The van der Waals surface area contributed by atoms with Gasteiger partial charge in [0.15, 0.2) is 0 Å². The fraction of sp³-hybridized carbons (Fsp3) is 0.200. The summed E-state index contributed by atoms with van der Waals surface area (Å²) in [6, 6.07) is 13.8. The summed E-state index contributed by atoms with van der Waals surface area (Å²) in [5, 5.41) is 2.45. The van der Waals surface area contributed by atoms with Crippen LogP contribution in [0.4, 0.5) is 4.39 Å². The Morgan fingerprint density at radius 2 is 1.85 bits per heavy atom. The first-order chi connectivity index (χ1) is 12.6. The van der Waals surface area contributed by atoms with Gasteiger partial charge in [0.25, 0.3) is 5.91 Å². The van der Waals surface area contributed by atoms with Crippen LogP contribution in [0.15, 0.2) is 53.9 Å². The molecule has 0 aliphatic heterocycles. The molecule has 1 aromatic heterocycles. The van der Waals surface area contributed by atoms with Crippen molar-refractivity contribution in [2.45, 2.75) is 13.5 Å². The number of hydrogen-bond donors (Lipinski definition) is 0. The number of benzene rings is 2. The molecule has 0 radical (unpaired) electrons. The second-order valence-corrected chi connectivity index (χ2v) is 6.57. The number of rotatable bonds is 6. The molecule has 4 nitrogen and oxygen atoms in total. The van der Waals surface area contributed by atoms with Crippen molar-refractivity contribution in [1.29, 1.82) is 0 Å². The lowest BCUT2D eigenvalue weighted by molar-refractivity contribution is 0.0747. The number of carbonyl (C=O) groups excluding carboxylic acids is 1. The maximum atomic E-state index is 13.1. The van der Waals surface area contributed by atoms with Crippen molar-refractivity contribution >= 4 is 17.2 Å². The highest BCUT2D eigenvalue weighted by atomic mass is 32.1. The molecule has 134 valence electrons. The first-order valence-electron chi connectivity index (χ1n) is 8.24. The summed E-state index contributed by atoms with van der Waals surface area (Å²) in [5.74, 6) is 0.373. The molecule has 0 saturated carbocycles. The Morgan fingerprint density at radius 3 is 2.46 bits per heavy atom. The molecule has 3 aromatic rings. The molecular weight excluding hydrogens is 351 g/mol. The monoisotopic (exact) mass is 370 g/mol. The van der Waals surface area contributed by atoms with Crippen LogP contribution in [0, 0.1) is 5.82 Å². The molecule has 2 aromatic carbocycles. The topological polar surface area (TPSA) is 42.4 Å². The van der Waals surface area contributed by atoms with Gasteiger partial charge in [-0.15, -0.1) is 11.3 Å². The highest BCUT2D eigenvalue weighted by molar-refractivity contribution is 7.13. The average Bonchev–Trinajstić information content (AvgIpc) is 3.17. The first kappa shape index (κ1) is 18.1. The quantitative estimate of drug-likeness (QED) is 0.636. The van der Waals surface area contributed by atoms with E-state index in [-0.39, 0.29) is 11.7 Å². The van der Waals surface area contributed by atoms with Crippen LogP contribution in [-0.4, -0.2) is 29.4 Å². The van der Waals surface area contributed by atoms with Crippen LogP contribution in [-0.2, 0) is 6.54 Å². The zero-order valence-corrected chi connectivity index (χ0v) is 15.4. The summed E-state index contributed by atoms with van der Waals surface area (Å²) >= 11 is 1.38. The van der Waals surface area contributed by atoms with Crippen LogP contribution in [0.25, 0.3) is 10.6 Å². The van der Waals surface area contributed by atoms with Gasteiger partial charge >= 0.3 is 0 Å². The van der Waals surface area contributed by atoms with Crippen molar-refractivity contribution in [3.63, 3.8) is 0 Å². The molecule has 0 unspecified atom stereocenters. The van der Waals surface area contributed by atoms with Crippen LogP contribution in [0.3, 0.4) is 0 Å². The van der Waals surface area contributed by atoms with E-state index < -0.39 is 0 Å². The summed E-state index contributed by atoms with van der Waals surface area (Å²) in [7, 11) is 1.62. The number of carbonyl (C=O) groups is 1. The molecule has 0 N–H and O–H groups in total. The van der Waals surface area contributed by atoms with E-state index in [0.29, 0.717) is 23.8 Å². The zero-order chi connectivity index (χ0) is 18.5. The van der Waals surface area contributed by atoms with E-state index in [4.69, 9.17) is 4.74 Å². The number of aromatic nitrogens is 1. The van der Waals surface area contributed by atoms with E-state index in [9.17, 15) is 9.18 Å². The number of hydrogen-bond acceptors (Lipinski definition) is 4. The molecule has 0 fully saturated rings. The van der Waals surface area contributed by atoms with E-state index >= 15 is 0 Å². The van der Waals surface area contributed by atoms with Crippen molar-refractivity contribution in [3.05, 3.63) is 71.0 Å². The lowest BCUT2D eigenvalue weighted by Gasteiger charge is -2.20. The first-order valence-corrected chi connectivity index (χ1v) is 9.12. The standard InChI is InChI=1S/C20H19FN2O2S/c1-3-23(12-14-4-10-17(25-2)11-5-14)20(24)18-13-26-19(22-18)15-6-8-16(21)9-7-15/h4-11,13H,3,12H2,1-2H3. The van der Waals surface area contributed by atoms with Crippen molar-refractivity contribution < 1.29 is 13.9 Å². The second kappa shape index (κ2) is 8.10. The Hall–Kier alpha value is -2.73. The molecule has 6 heteroatoms. The molecule has 0 spiro atoms. The van der Waals surface area contributed by atoms with Gasteiger partial charge in [-0.3, -0.25) is 4.79 Å². The highest BCUT2D eigenvalue weighted by Gasteiger charge is 2.18. The fourth-order valence-corrected chi connectivity index (χ4v) is 3.34. The fourth-order valence-electron chi connectivity index (χ4n) is 2.54. The van der Waals surface area contributed by atoms with Gasteiger partial charge in [0, 0.05) is 24.0 Å². The van der Waals surface area contributed by atoms with Gasteiger partial charge in [-0.25, -0.2) is 9.37 Å². The predicted octanol–water partition coefficient (Wildman–Crippen LogP) is 4.62. The number of nitrogens with zero attached hydrogens (tertiary/aromatic N) is 2. The van der Waals surface area contributed by atoms with Gasteiger partial charge in [-0.2, -0.15) is 0 Å². The Balaban J connectivity index is 1.74. The minimum absolute atomic E-state index is 0.118. The Kier molecular flexibility index (Phi) is 5.63. The molecule has 1 amide bonds. The third kappa shape index (κ3) is 4.08. The molecule has 1 heterocycles. The molecule has 0 aliphatic rings. The summed E-state index contributed by atoms with van der Waals surface area (Å²) in [6.07, 6.45) is 0. The molecular formula is C20H19FN2O2S. The summed E-state index contributed by atoms with van der Waals surface area (Å²) in [6.45, 7) is 3.02. The largest absolute Gasteiger partial charge is 0.497 e. The number of methoxy groups -OCH3 is 1. The van der Waals surface area contributed by atoms with Gasteiger partial charge in [-0.1, -0.05) is 12.1 Å². The molecule has 0 bridgehead atoms. The second-order valence-electron chi connectivity index (χ2n) is 5.71. The number of thiazole rings is 1. The van der Waals surface area contributed by atoms with Crippen LogP contribution in [0.1, 0.15) is 23.0 Å². The van der Waals surface area contributed by atoms with Crippen molar-refractivity contribution in [3.8, 4) is 16.3 Å². The van der Waals surface area contributed by atoms with Gasteiger partial charge < -0.3 is 9.64 Å². The summed E-state index contributed by atoms with van der Waals surface area (Å²) in [5.41, 5.74) is 2.23. The normalized spacial score (nSPS) is 10.6. The Labute approximate surface area is 155 Å². The zero-order valence-electron chi connectivity index (χ0n) is 14.6. The van der Waals surface area contributed by atoms with Gasteiger partial charge in [0.2, 0.25) is 0 Å². The van der Waals surface area contributed by atoms with Crippen molar-refractivity contribution in [1.82, 2.24) is 9.88 Å². The van der Waals surface area contributed by atoms with Crippen molar-refractivity contribution in [2.75, 3.05) is 13.7 Å². The minimum Gasteiger partial charge on any atom is -0.497 e. The van der Waals surface area contributed by atoms with Crippen molar-refractivity contribution in [2.24, 2.45) is 0 Å². The molecule has 26 heavy (non-hydrogen) atoms. The molecule has 3 rings (SSSR count). The SMILES string of the molecule is CCN(Cc1ccc(OC)cc1)C(=O)c1csc(-c2ccc(F)cc2)n1. The van der Waals surface area contributed by atoms with E-state index in [1.165, 1.54) is 23.5 Å². The number of halogens is 1. The predicted molar refractivity (Wildman–Crippen MR) is 101 cm³/mol. The van der Waals surface area contributed by atoms with Crippen LogP contribution in [0.2, 0.25) is 0 Å². The van der Waals surface area contributed by atoms with E-state index in [1.807, 2.05) is 31.2 Å². The number of amides is 1. The molecule has 0 aliphatic carbocycles. The van der Waals surface area contributed by atoms with E-state index in [0.717, 1.165) is 16.9 Å². The molecule has 0 saturated heterocycles. The Bertz CT molecular complexity index is 876.